The van der Waals surface area contributed by atoms with Crippen molar-refractivity contribution in [1.82, 2.24) is 5.43 Å². The highest BCUT2D eigenvalue weighted by Crippen LogP contribution is 1.87. The number of nitrogens with zero attached hydrogens (tertiary/aromatic N) is 2. The summed E-state index contributed by atoms with van der Waals surface area (Å²) in [5, 5.41) is 6.96. The SMILES string of the molecule is NC1C=CNN=N1. The molecule has 0 aliphatic carbocycles. The van der Waals surface area contributed by atoms with Crippen LogP contribution in [0.4, 0.5) is 0 Å². The summed E-state index contributed by atoms with van der Waals surface area (Å²) >= 11 is 0. The van der Waals surface area contributed by atoms with Crippen LogP contribution in [-0.4, -0.2) is 6.17 Å². The number of hydrogen-bond donors (Lipinski definition) is 2. The van der Waals surface area contributed by atoms with Crippen molar-refractivity contribution < 1.29 is 0 Å². The van der Waals surface area contributed by atoms with Crippen molar-refractivity contribution in [3.8, 4) is 0 Å². The fraction of sp³-hybridized carbons (Fsp3) is 0.333. The second kappa shape index (κ2) is 1.70. The largest absolute Gasteiger partial charge is 0.305 e. The van der Waals surface area contributed by atoms with Crippen molar-refractivity contribution in [2.75, 3.05) is 0 Å². The Bertz CT molecular complexity index is 93.5. The number of nitrogens with one attached hydrogen (secondary N) is 1. The van der Waals surface area contributed by atoms with Crippen LogP contribution in [0.2, 0.25) is 0 Å². The molecule has 4 nitrogen and oxygen atoms in total. The Balaban J connectivity index is 2.49. The van der Waals surface area contributed by atoms with E-state index in [1.54, 1.807) is 12.3 Å². The van der Waals surface area contributed by atoms with Gasteiger partial charge in [-0.2, -0.15) is 0 Å². The van der Waals surface area contributed by atoms with Gasteiger partial charge in [0.2, 0.25) is 0 Å². The lowest BCUT2D eigenvalue weighted by atomic mass is 10.5. The lowest BCUT2D eigenvalue weighted by molar-refractivity contribution is 0.691. The smallest absolute Gasteiger partial charge is 0.141 e. The van der Waals surface area contributed by atoms with E-state index in [0.29, 0.717) is 0 Å². The molecular weight excluding hydrogens is 92.1 g/mol. The summed E-state index contributed by atoms with van der Waals surface area (Å²) in [6.45, 7) is 0. The molecule has 1 aliphatic heterocycles. The summed E-state index contributed by atoms with van der Waals surface area (Å²) < 4.78 is 0. The molecule has 0 aromatic heterocycles. The first-order valence-corrected chi connectivity index (χ1v) is 1.97. The number of nitrogens with two attached hydrogens (primary N) is 1. The Morgan fingerprint density at radius 3 is 2.86 bits per heavy atom. The predicted octanol–water partition coefficient (Wildman–Crippen LogP) is -0.245. The van der Waals surface area contributed by atoms with E-state index in [4.69, 9.17) is 5.73 Å². The molecule has 1 aliphatic rings. The van der Waals surface area contributed by atoms with E-state index in [1.165, 1.54) is 0 Å². The van der Waals surface area contributed by atoms with Crippen LogP contribution >= 0.6 is 0 Å². The maximum Gasteiger partial charge on any atom is 0.141 e. The maximum atomic E-state index is 5.25. The third-order valence-electron chi connectivity index (χ3n) is 0.617. The van der Waals surface area contributed by atoms with Gasteiger partial charge in [0.1, 0.15) is 6.17 Å². The van der Waals surface area contributed by atoms with Gasteiger partial charge in [0.15, 0.2) is 0 Å². The molecule has 1 unspecified atom stereocenters. The van der Waals surface area contributed by atoms with Gasteiger partial charge in [0, 0.05) is 6.20 Å². The van der Waals surface area contributed by atoms with E-state index in [-0.39, 0.29) is 6.17 Å². The van der Waals surface area contributed by atoms with Crippen LogP contribution < -0.4 is 11.2 Å². The van der Waals surface area contributed by atoms with Gasteiger partial charge in [-0.3, -0.25) is 5.43 Å². The van der Waals surface area contributed by atoms with Crippen LogP contribution in [0.1, 0.15) is 0 Å². The van der Waals surface area contributed by atoms with Crippen molar-refractivity contribution in [3.63, 3.8) is 0 Å². The first-order valence-electron chi connectivity index (χ1n) is 1.97. The quantitative estimate of drug-likeness (QED) is 0.439. The third kappa shape index (κ3) is 0.972. The lowest BCUT2D eigenvalue weighted by Crippen LogP contribution is -2.17. The highest BCUT2D eigenvalue weighted by atomic mass is 15.4. The predicted molar refractivity (Wildman–Crippen MR) is 25.1 cm³/mol. The van der Waals surface area contributed by atoms with Gasteiger partial charge < -0.3 is 5.73 Å². The highest BCUT2D eigenvalue weighted by Gasteiger charge is 1.92. The zero-order valence-electron chi connectivity index (χ0n) is 3.70. The van der Waals surface area contributed by atoms with Gasteiger partial charge in [-0.1, -0.05) is 5.22 Å². The van der Waals surface area contributed by atoms with Gasteiger partial charge in [0.25, 0.3) is 0 Å². The molecule has 7 heavy (non-hydrogen) atoms. The van der Waals surface area contributed by atoms with E-state index in [1.807, 2.05) is 0 Å². The van der Waals surface area contributed by atoms with Crippen LogP contribution in [0.5, 0.6) is 0 Å². The summed E-state index contributed by atoms with van der Waals surface area (Å²) in [4.78, 5) is 0. The van der Waals surface area contributed by atoms with Gasteiger partial charge in [-0.15, -0.1) is 5.11 Å². The van der Waals surface area contributed by atoms with Gasteiger partial charge in [0.05, 0.1) is 0 Å². The Labute approximate surface area is 41.1 Å². The molecule has 0 radical (unpaired) electrons. The standard InChI is InChI=1S/C3H6N4/c4-3-1-2-5-7-6-3/h1-3H,4H2,(H,5,6). The van der Waals surface area contributed by atoms with E-state index in [2.05, 4.69) is 15.8 Å². The molecule has 1 heterocycles. The molecule has 0 bridgehead atoms. The molecule has 0 aromatic rings. The summed E-state index contributed by atoms with van der Waals surface area (Å²) in [5.74, 6) is 0. The molecule has 1 atom stereocenters. The average Bonchev–Trinajstić information content (AvgIpc) is 1.69. The fourth-order valence-corrected chi connectivity index (χ4v) is 0.313. The van der Waals surface area contributed by atoms with Gasteiger partial charge in [-0.25, -0.2) is 0 Å². The minimum Gasteiger partial charge on any atom is -0.305 e. The van der Waals surface area contributed by atoms with E-state index >= 15 is 0 Å². The van der Waals surface area contributed by atoms with Crippen molar-refractivity contribution in [1.29, 1.82) is 0 Å². The Hall–Kier alpha value is -0.900. The van der Waals surface area contributed by atoms with Crippen LogP contribution in [0.3, 0.4) is 0 Å². The lowest BCUT2D eigenvalue weighted by Gasteiger charge is -2.00. The summed E-state index contributed by atoms with van der Waals surface area (Å²) in [6.07, 6.45) is 3.12. The van der Waals surface area contributed by atoms with E-state index in [9.17, 15) is 0 Å². The molecule has 0 aromatic carbocycles. The average molecular weight is 98.1 g/mol. The second-order valence-electron chi connectivity index (χ2n) is 1.19. The summed E-state index contributed by atoms with van der Waals surface area (Å²) in [7, 11) is 0. The maximum absolute atomic E-state index is 5.25. The Morgan fingerprint density at radius 1 is 1.71 bits per heavy atom. The minimum atomic E-state index is -0.249. The van der Waals surface area contributed by atoms with E-state index < -0.39 is 0 Å². The van der Waals surface area contributed by atoms with Crippen LogP contribution in [-0.2, 0) is 0 Å². The Kier molecular flexibility index (Phi) is 1.04. The molecule has 0 saturated heterocycles. The number of rotatable bonds is 0. The normalized spacial score (nSPS) is 27.3. The first kappa shape index (κ1) is 4.26. The molecular formula is C3H6N4. The summed E-state index contributed by atoms with van der Waals surface area (Å²) in [5.41, 5.74) is 7.76. The molecule has 38 valence electrons. The third-order valence-corrected chi connectivity index (χ3v) is 0.617. The molecule has 0 amide bonds. The van der Waals surface area contributed by atoms with Crippen LogP contribution in [0.25, 0.3) is 0 Å². The molecule has 0 spiro atoms. The van der Waals surface area contributed by atoms with Crippen LogP contribution in [0, 0.1) is 0 Å². The second-order valence-corrected chi connectivity index (χ2v) is 1.19. The van der Waals surface area contributed by atoms with E-state index in [0.717, 1.165) is 0 Å². The highest BCUT2D eigenvalue weighted by molar-refractivity contribution is 4.88. The van der Waals surface area contributed by atoms with Crippen molar-refractivity contribution in [3.05, 3.63) is 12.3 Å². The van der Waals surface area contributed by atoms with Crippen molar-refractivity contribution in [2.45, 2.75) is 6.17 Å². The zero-order valence-corrected chi connectivity index (χ0v) is 3.70. The topological polar surface area (TPSA) is 62.8 Å². The van der Waals surface area contributed by atoms with Gasteiger partial charge in [-0.05, 0) is 6.08 Å². The van der Waals surface area contributed by atoms with Crippen LogP contribution in [0.15, 0.2) is 22.6 Å². The molecule has 4 heteroatoms. The Morgan fingerprint density at radius 2 is 2.57 bits per heavy atom. The fourth-order valence-electron chi connectivity index (χ4n) is 0.313. The number of hydrogen-bond acceptors (Lipinski definition) is 4. The van der Waals surface area contributed by atoms with Crippen molar-refractivity contribution in [2.24, 2.45) is 16.1 Å². The minimum absolute atomic E-state index is 0.249. The monoisotopic (exact) mass is 98.1 g/mol. The van der Waals surface area contributed by atoms with Crippen molar-refractivity contribution >= 4 is 0 Å². The molecule has 3 N–H and O–H groups in total. The summed E-state index contributed by atoms with van der Waals surface area (Å²) in [6, 6.07) is 0. The first-order chi connectivity index (χ1) is 3.39. The molecule has 0 saturated carbocycles. The molecule has 0 fully saturated rings. The van der Waals surface area contributed by atoms with Gasteiger partial charge >= 0.3 is 0 Å². The molecule has 1 rings (SSSR count). The zero-order chi connectivity index (χ0) is 5.11.